The molecule has 0 bridgehead atoms. The molecule has 206 valence electrons. The molecule has 2 saturated heterocycles. The number of likely N-dealkylation sites (tertiary alicyclic amines) is 1. The summed E-state index contributed by atoms with van der Waals surface area (Å²) in [7, 11) is 0. The predicted molar refractivity (Wildman–Crippen MR) is 158 cm³/mol. The summed E-state index contributed by atoms with van der Waals surface area (Å²) < 4.78 is 0. The van der Waals surface area contributed by atoms with Gasteiger partial charge in [-0.15, -0.1) is 0 Å². The fourth-order valence-corrected chi connectivity index (χ4v) is 6.34. The molecule has 6 nitrogen and oxygen atoms in total. The maximum atomic E-state index is 14.0. The van der Waals surface area contributed by atoms with E-state index in [1.807, 2.05) is 126 Å². The summed E-state index contributed by atoms with van der Waals surface area (Å²) in [6, 6.07) is 39.4. The Hall–Kier alpha value is -4.71. The molecule has 6 rings (SSSR count). The molecule has 3 amide bonds. The Balaban J connectivity index is 1.18. The highest BCUT2D eigenvalue weighted by atomic mass is 16.2. The van der Waals surface area contributed by atoms with Crippen LogP contribution in [0.5, 0.6) is 0 Å². The van der Waals surface area contributed by atoms with Crippen LogP contribution in [0.1, 0.15) is 34.7 Å². The van der Waals surface area contributed by atoms with Crippen LogP contribution in [0.25, 0.3) is 0 Å². The van der Waals surface area contributed by atoms with Crippen molar-refractivity contribution in [1.29, 1.82) is 0 Å². The normalized spacial score (nSPS) is 16.9. The summed E-state index contributed by atoms with van der Waals surface area (Å²) in [6.45, 7) is 1.29. The molecular weight excluding hydrogens is 510 g/mol. The lowest BCUT2D eigenvalue weighted by atomic mass is 9.73. The second-order valence-electron chi connectivity index (χ2n) is 10.7. The van der Waals surface area contributed by atoms with Crippen LogP contribution in [-0.2, 0) is 19.8 Å². The Morgan fingerprint density at radius 3 is 1.63 bits per heavy atom. The van der Waals surface area contributed by atoms with Crippen LogP contribution in [0, 0.1) is 0 Å². The maximum absolute atomic E-state index is 14.0. The van der Waals surface area contributed by atoms with E-state index in [9.17, 15) is 14.4 Å². The molecule has 41 heavy (non-hydrogen) atoms. The highest BCUT2D eigenvalue weighted by Crippen LogP contribution is 2.42. The molecule has 2 aliphatic heterocycles. The third-order valence-electron chi connectivity index (χ3n) is 8.42. The fourth-order valence-electron chi connectivity index (χ4n) is 6.34. The van der Waals surface area contributed by atoms with Gasteiger partial charge in [-0.25, -0.2) is 0 Å². The Kier molecular flexibility index (Phi) is 7.38. The lowest BCUT2D eigenvalue weighted by Crippen LogP contribution is -2.55. The minimum Gasteiger partial charge on any atom is -0.332 e. The zero-order valence-corrected chi connectivity index (χ0v) is 22.9. The number of carbonyl (C=O) groups is 3. The lowest BCUT2D eigenvalue weighted by Gasteiger charge is -2.40. The van der Waals surface area contributed by atoms with Gasteiger partial charge in [0.05, 0.1) is 19.1 Å². The first-order valence-corrected chi connectivity index (χ1v) is 14.2. The summed E-state index contributed by atoms with van der Waals surface area (Å²) in [5.41, 5.74) is 3.11. The molecular formula is C35H33N3O3. The zero-order valence-electron chi connectivity index (χ0n) is 22.9. The molecule has 6 heteroatoms. The van der Waals surface area contributed by atoms with Gasteiger partial charge >= 0.3 is 0 Å². The van der Waals surface area contributed by atoms with Crippen molar-refractivity contribution >= 4 is 17.7 Å². The summed E-state index contributed by atoms with van der Waals surface area (Å²) in [6.07, 6.45) is 0.593. The van der Waals surface area contributed by atoms with Crippen molar-refractivity contribution in [3.05, 3.63) is 144 Å². The average Bonchev–Trinajstić information content (AvgIpc) is 3.36. The van der Waals surface area contributed by atoms with E-state index >= 15 is 0 Å². The summed E-state index contributed by atoms with van der Waals surface area (Å²) >= 11 is 0. The van der Waals surface area contributed by atoms with Gasteiger partial charge in [0.25, 0.3) is 0 Å². The average molecular weight is 544 g/mol. The van der Waals surface area contributed by atoms with Crippen molar-refractivity contribution in [1.82, 2.24) is 14.7 Å². The zero-order chi connectivity index (χ0) is 28.2. The number of hydrogen-bond donors (Lipinski definition) is 0. The van der Waals surface area contributed by atoms with Gasteiger partial charge in [-0.05, 0) is 28.7 Å². The van der Waals surface area contributed by atoms with E-state index in [-0.39, 0.29) is 36.9 Å². The van der Waals surface area contributed by atoms with Crippen molar-refractivity contribution in [2.45, 2.75) is 17.9 Å². The van der Waals surface area contributed by atoms with Crippen LogP contribution in [0.15, 0.2) is 121 Å². The van der Waals surface area contributed by atoms with Crippen LogP contribution in [0.4, 0.5) is 0 Å². The van der Waals surface area contributed by atoms with Gasteiger partial charge in [0.15, 0.2) is 0 Å². The Morgan fingerprint density at radius 2 is 1.15 bits per heavy atom. The quantitative estimate of drug-likeness (QED) is 0.341. The molecule has 2 heterocycles. The van der Waals surface area contributed by atoms with Crippen LogP contribution in [-0.4, -0.2) is 65.1 Å². The van der Waals surface area contributed by atoms with Crippen molar-refractivity contribution in [3.8, 4) is 0 Å². The van der Waals surface area contributed by atoms with Crippen LogP contribution >= 0.6 is 0 Å². The Bertz CT molecular complexity index is 1430. The van der Waals surface area contributed by atoms with Gasteiger partial charge in [0, 0.05) is 19.6 Å². The van der Waals surface area contributed by atoms with Crippen LogP contribution < -0.4 is 0 Å². The van der Waals surface area contributed by atoms with E-state index in [0.717, 1.165) is 22.3 Å². The molecule has 4 aromatic rings. The smallest absolute Gasteiger partial charge is 0.243 e. The number of nitrogens with zero attached hydrogens (tertiary/aromatic N) is 3. The van der Waals surface area contributed by atoms with E-state index in [1.165, 1.54) is 0 Å². The minimum absolute atomic E-state index is 0.000452. The SMILES string of the molecule is O=C(CN1CCC(c2ccccc2)(c2ccccc2)C1=O)N1CCN(C(c2ccccc2)c2ccccc2)C(=O)C1. The number of benzene rings is 4. The molecule has 0 aliphatic carbocycles. The van der Waals surface area contributed by atoms with E-state index in [1.54, 1.807) is 9.80 Å². The lowest BCUT2D eigenvalue weighted by molar-refractivity contribution is -0.148. The van der Waals surface area contributed by atoms with Crippen molar-refractivity contribution in [2.24, 2.45) is 0 Å². The van der Waals surface area contributed by atoms with E-state index in [0.29, 0.717) is 26.1 Å². The third-order valence-corrected chi connectivity index (χ3v) is 8.42. The van der Waals surface area contributed by atoms with Gasteiger partial charge in [0.1, 0.15) is 5.41 Å². The topological polar surface area (TPSA) is 60.9 Å². The number of hydrogen-bond acceptors (Lipinski definition) is 3. The fraction of sp³-hybridized carbons (Fsp3) is 0.229. The Morgan fingerprint density at radius 1 is 0.659 bits per heavy atom. The largest absolute Gasteiger partial charge is 0.332 e. The summed E-state index contributed by atoms with van der Waals surface area (Å²) in [5, 5.41) is 0. The van der Waals surface area contributed by atoms with Crippen molar-refractivity contribution in [2.75, 3.05) is 32.7 Å². The monoisotopic (exact) mass is 543 g/mol. The molecule has 0 aromatic heterocycles. The highest BCUT2D eigenvalue weighted by Gasteiger charge is 2.49. The molecule has 0 N–H and O–H groups in total. The van der Waals surface area contributed by atoms with Gasteiger partial charge in [-0.1, -0.05) is 121 Å². The maximum Gasteiger partial charge on any atom is 0.243 e. The first kappa shape index (κ1) is 26.5. The standard InChI is InChI=1S/C35H33N3O3/c39-31(25-37-22-21-35(34(37)41,29-17-9-3-10-18-29)30-19-11-4-12-20-30)36-23-24-38(32(40)26-36)33(27-13-5-1-6-14-27)28-15-7-2-8-16-28/h1-20,33H,21-26H2. The van der Waals surface area contributed by atoms with Crippen molar-refractivity contribution in [3.63, 3.8) is 0 Å². The van der Waals surface area contributed by atoms with E-state index < -0.39 is 5.41 Å². The molecule has 0 saturated carbocycles. The molecule has 2 fully saturated rings. The first-order chi connectivity index (χ1) is 20.1. The van der Waals surface area contributed by atoms with Gasteiger partial charge in [0.2, 0.25) is 17.7 Å². The molecule has 0 unspecified atom stereocenters. The molecule has 2 aliphatic rings. The van der Waals surface area contributed by atoms with Gasteiger partial charge < -0.3 is 14.7 Å². The first-order valence-electron chi connectivity index (χ1n) is 14.2. The van der Waals surface area contributed by atoms with Gasteiger partial charge in [-0.3, -0.25) is 14.4 Å². The molecule has 4 aromatic carbocycles. The van der Waals surface area contributed by atoms with Crippen molar-refractivity contribution < 1.29 is 14.4 Å². The minimum atomic E-state index is -0.824. The van der Waals surface area contributed by atoms with E-state index in [4.69, 9.17) is 0 Å². The van der Waals surface area contributed by atoms with E-state index in [2.05, 4.69) is 0 Å². The van der Waals surface area contributed by atoms with Gasteiger partial charge in [-0.2, -0.15) is 0 Å². The second-order valence-corrected chi connectivity index (χ2v) is 10.7. The number of piperazine rings is 1. The van der Waals surface area contributed by atoms with Crippen LogP contribution in [0.2, 0.25) is 0 Å². The molecule has 0 atom stereocenters. The third kappa shape index (κ3) is 5.02. The molecule has 0 spiro atoms. The second kappa shape index (κ2) is 11.4. The predicted octanol–water partition coefficient (Wildman–Crippen LogP) is 4.67. The highest BCUT2D eigenvalue weighted by molar-refractivity contribution is 5.97. The summed E-state index contributed by atoms with van der Waals surface area (Å²) in [4.78, 5) is 46.2. The number of amides is 3. The molecule has 0 radical (unpaired) electrons. The summed E-state index contributed by atoms with van der Waals surface area (Å²) in [5.74, 6) is -0.362. The van der Waals surface area contributed by atoms with Crippen LogP contribution in [0.3, 0.4) is 0 Å². The Labute approximate surface area is 240 Å². The number of rotatable bonds is 7. The number of carbonyl (C=O) groups excluding carboxylic acids is 3.